The predicted octanol–water partition coefficient (Wildman–Crippen LogP) is 3.49. The Morgan fingerprint density at radius 3 is 1.86 bits per heavy atom. The smallest absolute Gasteiger partial charge is 0.293 e. The van der Waals surface area contributed by atoms with Crippen molar-refractivity contribution in [3.05, 3.63) is 100 Å². The van der Waals surface area contributed by atoms with Gasteiger partial charge in [0.15, 0.2) is 5.75 Å². The number of methoxy groups -OCH3 is 1. The first-order chi connectivity index (χ1) is 10.8. The van der Waals surface area contributed by atoms with E-state index in [0.29, 0.717) is 5.75 Å². The van der Waals surface area contributed by atoms with E-state index in [1.165, 1.54) is 7.11 Å². The maximum atomic E-state index is 12.6. The summed E-state index contributed by atoms with van der Waals surface area (Å²) in [5.41, 5.74) is 1.98. The predicted molar refractivity (Wildman–Crippen MR) is 87.4 cm³/mol. The normalized spacial score (nSPS) is 10.6. The summed E-state index contributed by atoms with van der Waals surface area (Å²) < 4.78 is 6.89. The zero-order valence-corrected chi connectivity index (χ0v) is 12.3. The third-order valence-corrected chi connectivity index (χ3v) is 3.67. The van der Waals surface area contributed by atoms with Crippen LogP contribution in [0.4, 0.5) is 0 Å². The van der Waals surface area contributed by atoms with Gasteiger partial charge in [0.2, 0.25) is 0 Å². The number of nitrogens with zero attached hydrogens (tertiary/aromatic N) is 1. The van der Waals surface area contributed by atoms with E-state index in [1.54, 1.807) is 16.8 Å². The summed E-state index contributed by atoms with van der Waals surface area (Å²) in [7, 11) is 1.51. The zero-order valence-electron chi connectivity index (χ0n) is 12.3. The average molecular weight is 291 g/mol. The van der Waals surface area contributed by atoms with Crippen LogP contribution >= 0.6 is 0 Å². The van der Waals surface area contributed by atoms with Gasteiger partial charge in [-0.3, -0.25) is 4.79 Å². The number of pyridine rings is 1. The quantitative estimate of drug-likeness (QED) is 0.736. The fraction of sp³-hybridized carbons (Fsp3) is 0.105. The molecule has 0 fully saturated rings. The van der Waals surface area contributed by atoms with Gasteiger partial charge in [-0.15, -0.1) is 0 Å². The van der Waals surface area contributed by atoms with Crippen molar-refractivity contribution in [2.45, 2.75) is 6.04 Å². The highest BCUT2D eigenvalue weighted by Gasteiger charge is 2.18. The van der Waals surface area contributed by atoms with Gasteiger partial charge in [-0.05, 0) is 23.3 Å². The summed E-state index contributed by atoms with van der Waals surface area (Å²) in [6, 6.07) is 23.3. The number of benzene rings is 2. The Hall–Kier alpha value is -2.81. The van der Waals surface area contributed by atoms with Crippen LogP contribution in [0.15, 0.2) is 83.8 Å². The lowest BCUT2D eigenvalue weighted by Gasteiger charge is -2.21. The van der Waals surface area contributed by atoms with Crippen molar-refractivity contribution in [2.24, 2.45) is 0 Å². The summed E-state index contributed by atoms with van der Waals surface area (Å²) in [6.45, 7) is 0. The van der Waals surface area contributed by atoms with Crippen LogP contribution in [-0.2, 0) is 0 Å². The number of ether oxygens (including phenoxy) is 1. The summed E-state index contributed by atoms with van der Waals surface area (Å²) in [6.07, 6.45) is 1.80. The minimum absolute atomic E-state index is 0.136. The summed E-state index contributed by atoms with van der Waals surface area (Å²) in [5.74, 6) is 0.347. The van der Waals surface area contributed by atoms with Gasteiger partial charge in [0, 0.05) is 6.20 Å². The largest absolute Gasteiger partial charge is 0.491 e. The van der Waals surface area contributed by atoms with E-state index >= 15 is 0 Å². The fourth-order valence-electron chi connectivity index (χ4n) is 2.63. The highest BCUT2D eigenvalue weighted by molar-refractivity contribution is 5.34. The van der Waals surface area contributed by atoms with Crippen LogP contribution in [0.3, 0.4) is 0 Å². The van der Waals surface area contributed by atoms with Crippen molar-refractivity contribution in [1.29, 1.82) is 0 Å². The molecule has 0 bridgehead atoms. The lowest BCUT2D eigenvalue weighted by atomic mass is 9.98. The van der Waals surface area contributed by atoms with Crippen molar-refractivity contribution in [2.75, 3.05) is 7.11 Å². The molecule has 0 radical (unpaired) electrons. The minimum atomic E-state index is -0.176. The monoisotopic (exact) mass is 291 g/mol. The van der Waals surface area contributed by atoms with E-state index < -0.39 is 0 Å². The Morgan fingerprint density at radius 2 is 1.36 bits per heavy atom. The standard InChI is InChI=1S/C19H17NO2/c1-22-17-13-8-14-20(19(17)21)18(15-9-4-2-5-10-15)16-11-6-3-7-12-16/h2-14,18H,1H3. The molecule has 0 aliphatic heterocycles. The Kier molecular flexibility index (Phi) is 4.05. The second-order valence-electron chi connectivity index (χ2n) is 5.01. The molecular weight excluding hydrogens is 274 g/mol. The second-order valence-corrected chi connectivity index (χ2v) is 5.01. The van der Waals surface area contributed by atoms with Crippen molar-refractivity contribution in [3.8, 4) is 5.75 Å². The van der Waals surface area contributed by atoms with Crippen LogP contribution in [0, 0.1) is 0 Å². The first kappa shape index (κ1) is 14.1. The van der Waals surface area contributed by atoms with Gasteiger partial charge >= 0.3 is 0 Å². The third kappa shape index (κ3) is 2.66. The highest BCUT2D eigenvalue weighted by Crippen LogP contribution is 2.25. The molecular formula is C19H17NO2. The van der Waals surface area contributed by atoms with Crippen LogP contribution < -0.4 is 10.3 Å². The molecule has 0 saturated heterocycles. The number of hydrogen-bond acceptors (Lipinski definition) is 2. The molecule has 3 aromatic rings. The molecule has 0 N–H and O–H groups in total. The lowest BCUT2D eigenvalue weighted by Crippen LogP contribution is -2.26. The van der Waals surface area contributed by atoms with Crippen molar-refractivity contribution in [1.82, 2.24) is 4.57 Å². The SMILES string of the molecule is COc1cccn(C(c2ccccc2)c2ccccc2)c1=O. The first-order valence-corrected chi connectivity index (χ1v) is 7.16. The van der Waals surface area contributed by atoms with Crippen LogP contribution in [0.5, 0.6) is 5.75 Å². The fourth-order valence-corrected chi connectivity index (χ4v) is 2.63. The van der Waals surface area contributed by atoms with Crippen molar-refractivity contribution in [3.63, 3.8) is 0 Å². The molecule has 22 heavy (non-hydrogen) atoms. The molecule has 3 heteroatoms. The molecule has 2 aromatic carbocycles. The molecule has 1 aromatic heterocycles. The Balaban J connectivity index is 2.21. The third-order valence-electron chi connectivity index (χ3n) is 3.67. The molecule has 0 spiro atoms. The molecule has 0 aliphatic rings. The molecule has 0 atom stereocenters. The van der Waals surface area contributed by atoms with Gasteiger partial charge in [0.1, 0.15) is 0 Å². The van der Waals surface area contributed by atoms with E-state index in [-0.39, 0.29) is 11.6 Å². The van der Waals surface area contributed by atoms with Gasteiger partial charge in [0.25, 0.3) is 5.56 Å². The number of rotatable bonds is 4. The summed E-state index contributed by atoms with van der Waals surface area (Å²) in [5, 5.41) is 0. The maximum Gasteiger partial charge on any atom is 0.293 e. The van der Waals surface area contributed by atoms with Crippen molar-refractivity contribution >= 4 is 0 Å². The van der Waals surface area contributed by atoms with Gasteiger partial charge in [0.05, 0.1) is 13.2 Å². The topological polar surface area (TPSA) is 31.2 Å². The van der Waals surface area contributed by atoms with Crippen molar-refractivity contribution < 1.29 is 4.74 Å². The van der Waals surface area contributed by atoms with Gasteiger partial charge in [-0.2, -0.15) is 0 Å². The van der Waals surface area contributed by atoms with Crippen LogP contribution in [0.25, 0.3) is 0 Å². The molecule has 0 unspecified atom stereocenters. The molecule has 0 amide bonds. The van der Waals surface area contributed by atoms with E-state index in [9.17, 15) is 4.79 Å². The maximum absolute atomic E-state index is 12.6. The molecule has 3 rings (SSSR count). The molecule has 110 valence electrons. The highest BCUT2D eigenvalue weighted by atomic mass is 16.5. The van der Waals surface area contributed by atoms with Gasteiger partial charge in [-0.25, -0.2) is 0 Å². The Bertz CT molecular complexity index is 755. The molecule has 0 saturated carbocycles. The van der Waals surface area contributed by atoms with E-state index in [4.69, 9.17) is 4.74 Å². The van der Waals surface area contributed by atoms with E-state index in [0.717, 1.165) is 11.1 Å². The molecule has 3 nitrogen and oxygen atoms in total. The van der Waals surface area contributed by atoms with Gasteiger partial charge < -0.3 is 9.30 Å². The number of hydrogen-bond donors (Lipinski definition) is 0. The zero-order chi connectivity index (χ0) is 15.4. The summed E-state index contributed by atoms with van der Waals surface area (Å²) in [4.78, 5) is 12.6. The Labute approximate surface area is 129 Å². The van der Waals surface area contributed by atoms with Gasteiger partial charge in [-0.1, -0.05) is 60.7 Å². The lowest BCUT2D eigenvalue weighted by molar-refractivity contribution is 0.401. The average Bonchev–Trinajstić information content (AvgIpc) is 2.59. The van der Waals surface area contributed by atoms with Crippen LogP contribution in [0.2, 0.25) is 0 Å². The first-order valence-electron chi connectivity index (χ1n) is 7.16. The van der Waals surface area contributed by atoms with Crippen LogP contribution in [0.1, 0.15) is 17.2 Å². The number of aromatic nitrogens is 1. The van der Waals surface area contributed by atoms with E-state index in [2.05, 4.69) is 0 Å². The molecule has 1 heterocycles. The molecule has 0 aliphatic carbocycles. The van der Waals surface area contributed by atoms with E-state index in [1.807, 2.05) is 66.7 Å². The van der Waals surface area contributed by atoms with Crippen LogP contribution in [-0.4, -0.2) is 11.7 Å². The Morgan fingerprint density at radius 1 is 0.818 bits per heavy atom. The minimum Gasteiger partial charge on any atom is -0.491 e. The second kappa shape index (κ2) is 6.31. The summed E-state index contributed by atoms with van der Waals surface area (Å²) >= 11 is 0.